The molecule has 3 heterocycles. The molecule has 0 spiro atoms. The first kappa shape index (κ1) is 17.3. The molecule has 0 aliphatic carbocycles. The van der Waals surface area contributed by atoms with E-state index in [1.807, 2.05) is 48.0 Å². The summed E-state index contributed by atoms with van der Waals surface area (Å²) in [5, 5.41) is 3.73. The van der Waals surface area contributed by atoms with Gasteiger partial charge in [0, 0.05) is 18.0 Å². The molecule has 0 bridgehead atoms. The number of rotatable bonds is 4. The second kappa shape index (κ2) is 6.24. The van der Waals surface area contributed by atoms with Crippen molar-refractivity contribution in [1.82, 2.24) is 14.5 Å². The minimum atomic E-state index is -3.84. The van der Waals surface area contributed by atoms with Crippen LogP contribution in [-0.2, 0) is 10.0 Å². The molecule has 27 heavy (non-hydrogen) atoms. The molecule has 0 saturated carbocycles. The number of hydrogen-bond acceptors (Lipinski definition) is 5. The molecule has 8 heteroatoms. The lowest BCUT2D eigenvalue weighted by atomic mass is 10.1. The predicted octanol–water partition coefficient (Wildman–Crippen LogP) is 3.72. The molecule has 0 atom stereocenters. The molecule has 0 amide bonds. The highest BCUT2D eigenvalue weighted by molar-refractivity contribution is 7.92. The van der Waals surface area contributed by atoms with Crippen molar-refractivity contribution in [1.29, 1.82) is 0 Å². The lowest BCUT2D eigenvalue weighted by molar-refractivity contribution is 0.390. The van der Waals surface area contributed by atoms with E-state index >= 15 is 0 Å². The SMILES string of the molecule is Cc1noc(C)c1S(=O)(=O)Nc1ccccc1-c1cn2cccc(C)c2n1. The summed E-state index contributed by atoms with van der Waals surface area (Å²) in [6, 6.07) is 11.1. The van der Waals surface area contributed by atoms with E-state index in [1.54, 1.807) is 26.0 Å². The highest BCUT2D eigenvalue weighted by atomic mass is 32.2. The number of pyridine rings is 1. The molecule has 0 aliphatic heterocycles. The first-order chi connectivity index (χ1) is 12.9. The van der Waals surface area contributed by atoms with Crippen molar-refractivity contribution in [2.75, 3.05) is 4.72 Å². The third kappa shape index (κ3) is 2.97. The average molecular weight is 382 g/mol. The number of benzene rings is 1. The van der Waals surface area contributed by atoms with E-state index in [9.17, 15) is 8.42 Å². The first-order valence-electron chi connectivity index (χ1n) is 8.36. The van der Waals surface area contributed by atoms with Crippen LogP contribution < -0.4 is 4.72 Å². The third-order valence-electron chi connectivity index (χ3n) is 4.36. The van der Waals surface area contributed by atoms with Crippen molar-refractivity contribution in [3.8, 4) is 11.3 Å². The highest BCUT2D eigenvalue weighted by Gasteiger charge is 2.25. The van der Waals surface area contributed by atoms with Crippen LogP contribution in [-0.4, -0.2) is 23.0 Å². The van der Waals surface area contributed by atoms with Gasteiger partial charge in [-0.15, -0.1) is 0 Å². The second-order valence-electron chi connectivity index (χ2n) is 6.35. The standard InChI is InChI=1S/C19H18N4O3S/c1-12-7-6-10-23-11-17(20-19(12)23)15-8-4-5-9-16(15)22-27(24,25)18-13(2)21-26-14(18)3/h4-11,22H,1-3H3. The quantitative estimate of drug-likeness (QED) is 0.581. The number of hydrogen-bond donors (Lipinski definition) is 1. The number of para-hydroxylation sites is 1. The van der Waals surface area contributed by atoms with Crippen LogP contribution >= 0.6 is 0 Å². The van der Waals surface area contributed by atoms with Gasteiger partial charge in [0.15, 0.2) is 10.7 Å². The normalized spacial score (nSPS) is 11.8. The van der Waals surface area contributed by atoms with Gasteiger partial charge < -0.3 is 8.92 Å². The van der Waals surface area contributed by atoms with Crippen LogP contribution in [0.3, 0.4) is 0 Å². The largest absolute Gasteiger partial charge is 0.360 e. The lowest BCUT2D eigenvalue weighted by Crippen LogP contribution is -2.15. The Morgan fingerprint density at radius 3 is 2.56 bits per heavy atom. The number of aryl methyl sites for hydroxylation is 3. The van der Waals surface area contributed by atoms with E-state index in [1.165, 1.54) is 0 Å². The van der Waals surface area contributed by atoms with E-state index in [2.05, 4.69) is 14.9 Å². The van der Waals surface area contributed by atoms with Gasteiger partial charge in [-0.1, -0.05) is 29.4 Å². The van der Waals surface area contributed by atoms with Crippen LogP contribution in [0.4, 0.5) is 5.69 Å². The van der Waals surface area contributed by atoms with Gasteiger partial charge in [-0.05, 0) is 38.5 Å². The second-order valence-corrected chi connectivity index (χ2v) is 7.97. The summed E-state index contributed by atoms with van der Waals surface area (Å²) >= 11 is 0. The molecular weight excluding hydrogens is 364 g/mol. The first-order valence-corrected chi connectivity index (χ1v) is 9.84. The van der Waals surface area contributed by atoms with Crippen LogP contribution in [0.25, 0.3) is 16.9 Å². The summed E-state index contributed by atoms with van der Waals surface area (Å²) < 4.78 is 35.3. The van der Waals surface area contributed by atoms with Crippen molar-refractivity contribution >= 4 is 21.4 Å². The number of nitrogens with one attached hydrogen (secondary N) is 1. The Kier molecular flexibility index (Phi) is 4.00. The summed E-state index contributed by atoms with van der Waals surface area (Å²) in [4.78, 5) is 4.73. The van der Waals surface area contributed by atoms with Crippen LogP contribution in [0.5, 0.6) is 0 Å². The molecule has 0 fully saturated rings. The molecule has 0 unspecified atom stereocenters. The highest BCUT2D eigenvalue weighted by Crippen LogP contribution is 2.31. The zero-order valence-electron chi connectivity index (χ0n) is 15.1. The minimum absolute atomic E-state index is 0.0585. The number of fused-ring (bicyclic) bond motifs is 1. The Balaban J connectivity index is 1.81. The van der Waals surface area contributed by atoms with Crippen LogP contribution in [0.1, 0.15) is 17.0 Å². The molecule has 0 saturated heterocycles. The molecule has 4 rings (SSSR count). The fourth-order valence-electron chi connectivity index (χ4n) is 3.13. The van der Waals surface area contributed by atoms with Gasteiger partial charge in [-0.2, -0.15) is 0 Å². The average Bonchev–Trinajstić information content (AvgIpc) is 3.19. The van der Waals surface area contributed by atoms with Crippen molar-refractivity contribution in [2.24, 2.45) is 0 Å². The molecule has 0 aliphatic rings. The molecule has 3 aromatic heterocycles. The molecule has 0 radical (unpaired) electrons. The maximum absolute atomic E-state index is 12.9. The van der Waals surface area contributed by atoms with E-state index in [4.69, 9.17) is 4.52 Å². The Bertz CT molecular complexity index is 1240. The molecule has 138 valence electrons. The summed E-state index contributed by atoms with van der Waals surface area (Å²) in [6.07, 6.45) is 3.79. The zero-order chi connectivity index (χ0) is 19.2. The van der Waals surface area contributed by atoms with Gasteiger partial charge in [0.25, 0.3) is 10.0 Å². The lowest BCUT2D eigenvalue weighted by Gasteiger charge is -2.11. The van der Waals surface area contributed by atoms with Crippen molar-refractivity contribution in [3.63, 3.8) is 0 Å². The Morgan fingerprint density at radius 2 is 1.85 bits per heavy atom. The van der Waals surface area contributed by atoms with Crippen molar-refractivity contribution in [2.45, 2.75) is 25.7 Å². The van der Waals surface area contributed by atoms with Gasteiger partial charge in [-0.3, -0.25) is 4.72 Å². The van der Waals surface area contributed by atoms with E-state index in [0.717, 1.165) is 11.2 Å². The topological polar surface area (TPSA) is 89.5 Å². The minimum Gasteiger partial charge on any atom is -0.360 e. The summed E-state index contributed by atoms with van der Waals surface area (Å²) in [6.45, 7) is 5.16. The Labute approximate surface area is 156 Å². The Morgan fingerprint density at radius 1 is 1.07 bits per heavy atom. The van der Waals surface area contributed by atoms with Gasteiger partial charge in [0.05, 0.1) is 11.4 Å². The van der Waals surface area contributed by atoms with E-state index < -0.39 is 10.0 Å². The predicted molar refractivity (Wildman–Crippen MR) is 102 cm³/mol. The van der Waals surface area contributed by atoms with Gasteiger partial charge in [0.2, 0.25) is 0 Å². The number of sulfonamides is 1. The van der Waals surface area contributed by atoms with Gasteiger partial charge in [0.1, 0.15) is 11.3 Å². The summed E-state index contributed by atoms with van der Waals surface area (Å²) in [5.41, 5.74) is 4.00. The maximum Gasteiger partial charge on any atom is 0.267 e. The van der Waals surface area contributed by atoms with E-state index in [-0.39, 0.29) is 10.7 Å². The molecular formula is C19H18N4O3S. The molecule has 4 aromatic rings. The number of imidazole rings is 1. The summed E-state index contributed by atoms with van der Waals surface area (Å²) in [7, 11) is -3.84. The summed E-state index contributed by atoms with van der Waals surface area (Å²) in [5.74, 6) is 0.251. The zero-order valence-corrected chi connectivity index (χ0v) is 15.9. The molecule has 1 N–H and O–H groups in total. The maximum atomic E-state index is 12.9. The number of nitrogens with zero attached hydrogens (tertiary/aromatic N) is 3. The number of aromatic nitrogens is 3. The van der Waals surface area contributed by atoms with Gasteiger partial charge >= 0.3 is 0 Å². The van der Waals surface area contributed by atoms with Gasteiger partial charge in [-0.25, -0.2) is 13.4 Å². The number of anilines is 1. The fourth-order valence-corrected chi connectivity index (χ4v) is 4.54. The Hall–Kier alpha value is -3.13. The smallest absolute Gasteiger partial charge is 0.267 e. The molecule has 7 nitrogen and oxygen atoms in total. The molecule has 1 aromatic carbocycles. The van der Waals surface area contributed by atoms with Crippen LogP contribution in [0.15, 0.2) is 58.2 Å². The monoisotopic (exact) mass is 382 g/mol. The van der Waals surface area contributed by atoms with Crippen molar-refractivity contribution < 1.29 is 12.9 Å². The van der Waals surface area contributed by atoms with E-state index in [0.29, 0.717) is 22.6 Å². The van der Waals surface area contributed by atoms with Crippen molar-refractivity contribution in [3.05, 3.63) is 65.8 Å². The third-order valence-corrected chi connectivity index (χ3v) is 5.97. The fraction of sp³-hybridized carbons (Fsp3) is 0.158. The van der Waals surface area contributed by atoms with Crippen LogP contribution in [0, 0.1) is 20.8 Å². The van der Waals surface area contributed by atoms with Crippen LogP contribution in [0.2, 0.25) is 0 Å².